The fourth-order valence-corrected chi connectivity index (χ4v) is 3.33. The average Bonchev–Trinajstić information content (AvgIpc) is 3.02. The Bertz CT molecular complexity index is 942. The van der Waals surface area contributed by atoms with Gasteiger partial charge < -0.3 is 4.74 Å². The summed E-state index contributed by atoms with van der Waals surface area (Å²) in [6.45, 7) is 0. The van der Waals surface area contributed by atoms with Crippen LogP contribution in [0.2, 0.25) is 5.02 Å². The van der Waals surface area contributed by atoms with Crippen molar-refractivity contribution < 1.29 is 22.7 Å². The first-order valence-electron chi connectivity index (χ1n) is 7.65. The van der Waals surface area contributed by atoms with Crippen molar-refractivity contribution in [1.82, 2.24) is 4.98 Å². The third-order valence-electron chi connectivity index (χ3n) is 3.43. The molecule has 1 aromatic heterocycles. The maximum atomic E-state index is 12.2. The summed E-state index contributed by atoms with van der Waals surface area (Å²) in [4.78, 5) is 17.2. The number of amides is 1. The molecule has 27 heavy (non-hydrogen) atoms. The van der Waals surface area contributed by atoms with E-state index in [0.29, 0.717) is 22.1 Å². The van der Waals surface area contributed by atoms with Gasteiger partial charge in [0, 0.05) is 17.5 Å². The molecule has 0 aliphatic carbocycles. The lowest BCUT2D eigenvalue weighted by molar-refractivity contribution is -0.274. The molecule has 0 saturated carbocycles. The Morgan fingerprint density at radius 3 is 2.52 bits per heavy atom. The van der Waals surface area contributed by atoms with Crippen LogP contribution in [0.3, 0.4) is 0 Å². The van der Waals surface area contributed by atoms with Gasteiger partial charge in [0.1, 0.15) is 5.75 Å². The van der Waals surface area contributed by atoms with Crippen molar-refractivity contribution >= 4 is 34.0 Å². The molecule has 0 spiro atoms. The van der Waals surface area contributed by atoms with Crippen LogP contribution in [-0.4, -0.2) is 17.3 Å². The van der Waals surface area contributed by atoms with Crippen molar-refractivity contribution in [2.75, 3.05) is 5.32 Å². The normalized spacial score (nSPS) is 11.3. The van der Waals surface area contributed by atoms with Gasteiger partial charge >= 0.3 is 6.36 Å². The fraction of sp³-hybridized carbons (Fsp3) is 0.111. The van der Waals surface area contributed by atoms with E-state index in [1.807, 2.05) is 0 Å². The summed E-state index contributed by atoms with van der Waals surface area (Å²) in [7, 11) is 0. The number of halogens is 4. The zero-order chi connectivity index (χ0) is 19.4. The van der Waals surface area contributed by atoms with Crippen molar-refractivity contribution in [1.29, 1.82) is 0 Å². The number of nitrogens with zero attached hydrogens (tertiary/aromatic N) is 1. The zero-order valence-electron chi connectivity index (χ0n) is 13.6. The van der Waals surface area contributed by atoms with Gasteiger partial charge in [-0.3, -0.25) is 10.1 Å². The number of carbonyl (C=O) groups is 1. The lowest BCUT2D eigenvalue weighted by atomic mass is 10.1. The molecule has 0 atom stereocenters. The summed E-state index contributed by atoms with van der Waals surface area (Å²) in [5.74, 6) is -0.640. The van der Waals surface area contributed by atoms with E-state index in [9.17, 15) is 18.0 Å². The Labute approximate surface area is 161 Å². The van der Waals surface area contributed by atoms with Crippen LogP contribution < -0.4 is 10.1 Å². The number of thiazole rings is 1. The summed E-state index contributed by atoms with van der Waals surface area (Å²) in [5.41, 5.74) is 1.13. The van der Waals surface area contributed by atoms with Crippen LogP contribution in [0.4, 0.5) is 18.3 Å². The number of carbonyl (C=O) groups excluding carboxylic acids is 1. The van der Waals surface area contributed by atoms with Gasteiger partial charge in [0.25, 0.3) is 5.91 Å². The highest BCUT2D eigenvalue weighted by molar-refractivity contribution is 7.15. The maximum Gasteiger partial charge on any atom is 0.573 e. The van der Waals surface area contributed by atoms with Gasteiger partial charge in [0.15, 0.2) is 5.13 Å². The van der Waals surface area contributed by atoms with E-state index in [-0.39, 0.29) is 11.7 Å². The number of ether oxygens (including phenoxy) is 1. The van der Waals surface area contributed by atoms with Gasteiger partial charge in [-0.1, -0.05) is 35.9 Å². The number of hydrogen-bond donors (Lipinski definition) is 1. The quantitative estimate of drug-likeness (QED) is 0.598. The van der Waals surface area contributed by atoms with Gasteiger partial charge in [-0.25, -0.2) is 4.98 Å². The topological polar surface area (TPSA) is 51.2 Å². The van der Waals surface area contributed by atoms with Crippen LogP contribution in [0.1, 0.15) is 20.8 Å². The summed E-state index contributed by atoms with van der Waals surface area (Å²) < 4.78 is 40.4. The lowest BCUT2D eigenvalue weighted by Gasteiger charge is -2.08. The van der Waals surface area contributed by atoms with E-state index in [0.717, 1.165) is 10.4 Å². The highest BCUT2D eigenvalue weighted by Crippen LogP contribution is 2.26. The van der Waals surface area contributed by atoms with Crippen LogP contribution in [-0.2, 0) is 6.42 Å². The second-order valence-corrected chi connectivity index (χ2v) is 6.96. The summed E-state index contributed by atoms with van der Waals surface area (Å²) in [6, 6.07) is 12.3. The molecule has 9 heteroatoms. The maximum absolute atomic E-state index is 12.2. The van der Waals surface area contributed by atoms with Crippen molar-refractivity contribution in [3.63, 3.8) is 0 Å². The summed E-state index contributed by atoms with van der Waals surface area (Å²) in [6.07, 6.45) is -2.65. The summed E-state index contributed by atoms with van der Waals surface area (Å²) in [5, 5.41) is 3.43. The molecule has 0 aliphatic heterocycles. The molecule has 0 bridgehead atoms. The number of anilines is 1. The van der Waals surface area contributed by atoms with Crippen LogP contribution in [0.5, 0.6) is 5.75 Å². The predicted octanol–water partition coefficient (Wildman–Crippen LogP) is 5.54. The standard InChI is InChI=1S/C18H12ClF3N2O2S/c19-15-4-2-1-3-14(15)16(25)24-17-23-10-13(27-17)9-11-5-7-12(8-6-11)26-18(20,21)22/h1-8,10H,9H2,(H,23,24,25). The molecule has 4 nitrogen and oxygen atoms in total. The summed E-state index contributed by atoms with van der Waals surface area (Å²) >= 11 is 7.27. The third-order valence-corrected chi connectivity index (χ3v) is 4.67. The largest absolute Gasteiger partial charge is 0.573 e. The predicted molar refractivity (Wildman–Crippen MR) is 97.5 cm³/mol. The second-order valence-electron chi connectivity index (χ2n) is 5.43. The number of benzene rings is 2. The van der Waals surface area contributed by atoms with E-state index in [4.69, 9.17) is 11.6 Å². The smallest absolute Gasteiger partial charge is 0.406 e. The Kier molecular flexibility index (Phi) is 5.67. The Balaban J connectivity index is 1.63. The van der Waals surface area contributed by atoms with Crippen LogP contribution in [0.15, 0.2) is 54.7 Å². The van der Waals surface area contributed by atoms with Gasteiger partial charge in [-0.2, -0.15) is 0 Å². The molecule has 2 aromatic carbocycles. The lowest BCUT2D eigenvalue weighted by Crippen LogP contribution is -2.17. The monoisotopic (exact) mass is 412 g/mol. The highest BCUT2D eigenvalue weighted by atomic mass is 35.5. The van der Waals surface area contributed by atoms with Gasteiger partial charge in [-0.05, 0) is 29.8 Å². The molecule has 1 N–H and O–H groups in total. The Hall–Kier alpha value is -2.58. The molecule has 1 heterocycles. The van der Waals surface area contributed by atoms with Gasteiger partial charge in [0.05, 0.1) is 10.6 Å². The molecule has 0 fully saturated rings. The molecule has 3 aromatic rings. The first-order chi connectivity index (χ1) is 12.8. The average molecular weight is 413 g/mol. The van der Waals surface area contributed by atoms with Crippen LogP contribution >= 0.6 is 22.9 Å². The minimum absolute atomic E-state index is 0.275. The number of alkyl halides is 3. The number of rotatable bonds is 5. The molecule has 0 radical (unpaired) electrons. The van der Waals surface area contributed by atoms with Crippen molar-refractivity contribution in [2.45, 2.75) is 12.8 Å². The molecule has 1 amide bonds. The first-order valence-corrected chi connectivity index (χ1v) is 8.85. The van der Waals surface area contributed by atoms with Gasteiger partial charge in [0.2, 0.25) is 0 Å². The van der Waals surface area contributed by atoms with Crippen molar-refractivity contribution in [3.05, 3.63) is 75.8 Å². The van der Waals surface area contributed by atoms with Crippen molar-refractivity contribution in [2.24, 2.45) is 0 Å². The SMILES string of the molecule is O=C(Nc1ncc(Cc2ccc(OC(F)(F)F)cc2)s1)c1ccccc1Cl. The van der Waals surface area contributed by atoms with E-state index in [2.05, 4.69) is 15.0 Å². The number of nitrogens with one attached hydrogen (secondary N) is 1. The van der Waals surface area contributed by atoms with E-state index < -0.39 is 6.36 Å². The number of aromatic nitrogens is 1. The van der Waals surface area contributed by atoms with Crippen LogP contribution in [0.25, 0.3) is 0 Å². The third kappa shape index (κ3) is 5.45. The molecular formula is C18H12ClF3N2O2S. The van der Waals surface area contributed by atoms with E-state index in [1.54, 1.807) is 42.6 Å². The highest BCUT2D eigenvalue weighted by Gasteiger charge is 2.30. The Morgan fingerprint density at radius 2 is 1.85 bits per heavy atom. The zero-order valence-corrected chi connectivity index (χ0v) is 15.2. The van der Waals surface area contributed by atoms with E-state index in [1.165, 1.54) is 23.5 Å². The van der Waals surface area contributed by atoms with Crippen molar-refractivity contribution in [3.8, 4) is 5.75 Å². The molecular weight excluding hydrogens is 401 g/mol. The molecule has 0 saturated heterocycles. The van der Waals surface area contributed by atoms with E-state index >= 15 is 0 Å². The Morgan fingerprint density at radius 1 is 1.15 bits per heavy atom. The van der Waals surface area contributed by atoms with Gasteiger partial charge in [-0.15, -0.1) is 24.5 Å². The minimum atomic E-state index is -4.71. The molecule has 3 rings (SSSR count). The molecule has 0 aliphatic rings. The van der Waals surface area contributed by atoms with Crippen LogP contribution in [0, 0.1) is 0 Å². The first kappa shape index (κ1) is 19.2. The number of hydrogen-bond acceptors (Lipinski definition) is 4. The molecule has 140 valence electrons. The minimum Gasteiger partial charge on any atom is -0.406 e. The fourth-order valence-electron chi connectivity index (χ4n) is 2.27. The molecule has 0 unspecified atom stereocenters. The second kappa shape index (κ2) is 7.98.